The molecule has 2 rings (SSSR count). The molecule has 0 bridgehead atoms. The number of nitrogens with two attached hydrogens (primary N) is 1. The van der Waals surface area contributed by atoms with Gasteiger partial charge in [0.1, 0.15) is 0 Å². The van der Waals surface area contributed by atoms with Gasteiger partial charge in [-0.2, -0.15) is 0 Å². The second-order valence-corrected chi connectivity index (χ2v) is 4.26. The standard InChI is InChI=1S/C13H9ClF3N/c14-9-3-1-7(2-4-9)13(18)8-5-10(15)12(17)11(16)6-8/h1-6,13H,18H2. The smallest absolute Gasteiger partial charge is 0.194 e. The molecule has 0 amide bonds. The van der Waals surface area contributed by atoms with Crippen LogP contribution >= 0.6 is 11.6 Å². The van der Waals surface area contributed by atoms with E-state index in [-0.39, 0.29) is 5.56 Å². The van der Waals surface area contributed by atoms with E-state index in [1.165, 1.54) is 0 Å². The van der Waals surface area contributed by atoms with Crippen LogP contribution in [-0.4, -0.2) is 0 Å². The Morgan fingerprint density at radius 3 is 1.89 bits per heavy atom. The summed E-state index contributed by atoms with van der Waals surface area (Å²) in [7, 11) is 0. The van der Waals surface area contributed by atoms with E-state index in [2.05, 4.69) is 0 Å². The molecule has 0 saturated carbocycles. The van der Waals surface area contributed by atoms with Gasteiger partial charge in [-0.3, -0.25) is 0 Å². The van der Waals surface area contributed by atoms with Gasteiger partial charge in [0.25, 0.3) is 0 Å². The summed E-state index contributed by atoms with van der Waals surface area (Å²) < 4.78 is 39.0. The van der Waals surface area contributed by atoms with E-state index >= 15 is 0 Å². The predicted octanol–water partition coefficient (Wildman–Crippen LogP) is 3.81. The quantitative estimate of drug-likeness (QED) is 0.826. The highest BCUT2D eigenvalue weighted by molar-refractivity contribution is 6.30. The molecular formula is C13H9ClF3N. The molecule has 2 N–H and O–H groups in total. The maximum atomic E-state index is 13.1. The number of halogens is 4. The minimum absolute atomic E-state index is 0.161. The van der Waals surface area contributed by atoms with Crippen LogP contribution in [0.1, 0.15) is 17.2 Å². The van der Waals surface area contributed by atoms with Crippen LogP contribution in [0.3, 0.4) is 0 Å². The van der Waals surface area contributed by atoms with Crippen LogP contribution in [0.25, 0.3) is 0 Å². The highest BCUT2D eigenvalue weighted by Gasteiger charge is 2.15. The lowest BCUT2D eigenvalue weighted by atomic mass is 9.99. The Labute approximate surface area is 107 Å². The summed E-state index contributed by atoms with van der Waals surface area (Å²) in [6.07, 6.45) is 0. The van der Waals surface area contributed by atoms with Gasteiger partial charge in [0.2, 0.25) is 0 Å². The highest BCUT2D eigenvalue weighted by atomic mass is 35.5. The van der Waals surface area contributed by atoms with Crippen LogP contribution in [0.15, 0.2) is 36.4 Å². The van der Waals surface area contributed by atoms with Gasteiger partial charge in [-0.1, -0.05) is 23.7 Å². The first-order valence-corrected chi connectivity index (χ1v) is 5.52. The molecule has 94 valence electrons. The monoisotopic (exact) mass is 271 g/mol. The second kappa shape index (κ2) is 5.00. The highest BCUT2D eigenvalue weighted by Crippen LogP contribution is 2.24. The lowest BCUT2D eigenvalue weighted by Crippen LogP contribution is -2.13. The zero-order chi connectivity index (χ0) is 13.3. The third-order valence-electron chi connectivity index (χ3n) is 2.59. The third-order valence-corrected chi connectivity index (χ3v) is 2.85. The fraction of sp³-hybridized carbons (Fsp3) is 0.0769. The van der Waals surface area contributed by atoms with Crippen LogP contribution in [0, 0.1) is 17.5 Å². The fourth-order valence-electron chi connectivity index (χ4n) is 1.62. The van der Waals surface area contributed by atoms with Crippen LogP contribution in [0.5, 0.6) is 0 Å². The fourth-order valence-corrected chi connectivity index (χ4v) is 1.74. The minimum Gasteiger partial charge on any atom is -0.320 e. The molecule has 0 aliphatic carbocycles. The summed E-state index contributed by atoms with van der Waals surface area (Å²) in [6.45, 7) is 0. The first-order valence-electron chi connectivity index (χ1n) is 5.14. The SMILES string of the molecule is NC(c1ccc(Cl)cc1)c1cc(F)c(F)c(F)c1. The summed E-state index contributed by atoms with van der Waals surface area (Å²) in [6, 6.07) is 7.56. The zero-order valence-electron chi connectivity index (χ0n) is 9.13. The first-order chi connectivity index (χ1) is 8.49. The maximum Gasteiger partial charge on any atom is 0.194 e. The number of rotatable bonds is 2. The van der Waals surface area contributed by atoms with Crippen molar-refractivity contribution in [1.29, 1.82) is 0 Å². The molecule has 0 aliphatic rings. The minimum atomic E-state index is -1.50. The molecule has 1 atom stereocenters. The molecule has 1 nitrogen and oxygen atoms in total. The molecule has 0 radical (unpaired) electrons. The lowest BCUT2D eigenvalue weighted by Gasteiger charge is -2.13. The van der Waals surface area contributed by atoms with Crippen LogP contribution in [0.2, 0.25) is 5.02 Å². The van der Waals surface area contributed by atoms with E-state index in [4.69, 9.17) is 17.3 Å². The molecule has 0 fully saturated rings. The van der Waals surface area contributed by atoms with Gasteiger partial charge >= 0.3 is 0 Å². The van der Waals surface area contributed by atoms with E-state index < -0.39 is 23.5 Å². The van der Waals surface area contributed by atoms with E-state index in [0.717, 1.165) is 12.1 Å². The summed E-state index contributed by atoms with van der Waals surface area (Å²) in [5.74, 6) is -4.01. The molecule has 2 aromatic rings. The Balaban J connectivity index is 2.39. The van der Waals surface area contributed by atoms with Gasteiger partial charge < -0.3 is 5.73 Å². The number of hydrogen-bond acceptors (Lipinski definition) is 1. The topological polar surface area (TPSA) is 26.0 Å². The average molecular weight is 272 g/mol. The normalized spacial score (nSPS) is 12.5. The van der Waals surface area contributed by atoms with E-state index in [0.29, 0.717) is 10.6 Å². The van der Waals surface area contributed by atoms with Gasteiger partial charge in [-0.25, -0.2) is 13.2 Å². The Morgan fingerprint density at radius 2 is 1.39 bits per heavy atom. The van der Waals surface area contributed by atoms with Crippen LogP contribution in [-0.2, 0) is 0 Å². The number of hydrogen-bond donors (Lipinski definition) is 1. The van der Waals surface area contributed by atoms with Crippen LogP contribution < -0.4 is 5.73 Å². The first kappa shape index (κ1) is 12.9. The molecule has 18 heavy (non-hydrogen) atoms. The molecule has 2 aromatic carbocycles. The molecule has 0 aromatic heterocycles. The predicted molar refractivity (Wildman–Crippen MR) is 63.8 cm³/mol. The molecule has 0 aliphatic heterocycles. The van der Waals surface area contributed by atoms with Gasteiger partial charge in [0.05, 0.1) is 6.04 Å². The van der Waals surface area contributed by atoms with Gasteiger partial charge in [-0.05, 0) is 35.4 Å². The van der Waals surface area contributed by atoms with Crippen molar-refractivity contribution in [1.82, 2.24) is 0 Å². The molecule has 1 unspecified atom stereocenters. The molecule has 0 saturated heterocycles. The Kier molecular flexibility index (Phi) is 3.59. The van der Waals surface area contributed by atoms with E-state index in [1.807, 2.05) is 0 Å². The van der Waals surface area contributed by atoms with Crippen molar-refractivity contribution >= 4 is 11.6 Å². The van der Waals surface area contributed by atoms with Crippen LogP contribution in [0.4, 0.5) is 13.2 Å². The van der Waals surface area contributed by atoms with Crippen molar-refractivity contribution in [3.63, 3.8) is 0 Å². The van der Waals surface area contributed by atoms with Crippen molar-refractivity contribution in [3.8, 4) is 0 Å². The summed E-state index contributed by atoms with van der Waals surface area (Å²) in [5, 5.41) is 0.530. The van der Waals surface area contributed by atoms with Crippen molar-refractivity contribution in [2.45, 2.75) is 6.04 Å². The summed E-state index contributed by atoms with van der Waals surface area (Å²) in [5.41, 5.74) is 6.65. The molecule has 0 heterocycles. The molecule has 5 heteroatoms. The maximum absolute atomic E-state index is 13.1. The summed E-state index contributed by atoms with van der Waals surface area (Å²) in [4.78, 5) is 0. The van der Waals surface area contributed by atoms with Gasteiger partial charge in [0.15, 0.2) is 17.5 Å². The molecular weight excluding hydrogens is 263 g/mol. The van der Waals surface area contributed by atoms with Crippen molar-refractivity contribution in [2.24, 2.45) is 5.73 Å². The Morgan fingerprint density at radius 1 is 0.889 bits per heavy atom. The van der Waals surface area contributed by atoms with Crippen molar-refractivity contribution in [3.05, 3.63) is 70.0 Å². The Hall–Kier alpha value is -1.52. The zero-order valence-corrected chi connectivity index (χ0v) is 9.89. The molecule has 0 spiro atoms. The largest absolute Gasteiger partial charge is 0.320 e. The third kappa shape index (κ3) is 2.49. The number of benzene rings is 2. The lowest BCUT2D eigenvalue weighted by molar-refractivity contribution is 0.444. The van der Waals surface area contributed by atoms with Gasteiger partial charge in [0, 0.05) is 5.02 Å². The average Bonchev–Trinajstić information content (AvgIpc) is 2.35. The van der Waals surface area contributed by atoms with E-state index in [9.17, 15) is 13.2 Å². The van der Waals surface area contributed by atoms with E-state index in [1.54, 1.807) is 24.3 Å². The van der Waals surface area contributed by atoms with Gasteiger partial charge in [-0.15, -0.1) is 0 Å². The second-order valence-electron chi connectivity index (χ2n) is 3.83. The Bertz CT molecular complexity index is 546. The van der Waals surface area contributed by atoms with Crippen molar-refractivity contribution in [2.75, 3.05) is 0 Å². The van der Waals surface area contributed by atoms with Crippen molar-refractivity contribution < 1.29 is 13.2 Å². The summed E-state index contributed by atoms with van der Waals surface area (Å²) >= 11 is 5.72.